The molecule has 0 atom stereocenters. The van der Waals surface area contributed by atoms with Gasteiger partial charge in [-0.2, -0.15) is 0 Å². The van der Waals surface area contributed by atoms with Crippen LogP contribution in [0.15, 0.2) is 46.9 Å². The van der Waals surface area contributed by atoms with Gasteiger partial charge in [0.2, 0.25) is 0 Å². The molecule has 2 aromatic rings. The van der Waals surface area contributed by atoms with Crippen LogP contribution in [-0.4, -0.2) is 17.0 Å². The fourth-order valence-electron chi connectivity index (χ4n) is 1.72. The Labute approximate surface area is 124 Å². The van der Waals surface area contributed by atoms with Gasteiger partial charge in [-0.05, 0) is 36.8 Å². The number of aryl methyl sites for hydroxylation is 1. The highest BCUT2D eigenvalue weighted by Gasteiger charge is 2.17. The molecule has 2 rings (SSSR count). The van der Waals surface area contributed by atoms with E-state index < -0.39 is 11.9 Å². The molecule has 0 amide bonds. The highest BCUT2D eigenvalue weighted by molar-refractivity contribution is 9.10. The van der Waals surface area contributed by atoms with Gasteiger partial charge < -0.3 is 9.84 Å². The first kappa shape index (κ1) is 14.3. The van der Waals surface area contributed by atoms with E-state index in [1.165, 1.54) is 12.1 Å². The molecule has 0 saturated carbocycles. The third-order valence-corrected chi connectivity index (χ3v) is 3.23. The number of ether oxygens (including phenoxy) is 1. The third kappa shape index (κ3) is 3.05. The molecule has 0 heterocycles. The van der Waals surface area contributed by atoms with Crippen LogP contribution in [0.3, 0.4) is 0 Å². The summed E-state index contributed by atoms with van der Waals surface area (Å²) in [6.45, 7) is 1.79. The largest absolute Gasteiger partial charge is 0.478 e. The van der Waals surface area contributed by atoms with Gasteiger partial charge in [0.05, 0.1) is 5.56 Å². The normalized spacial score (nSPS) is 10.1. The standard InChI is InChI=1S/C15H11BrO4/c1-9-4-2-3-5-11(9)15(19)20-13-7-6-10(16)8-12(13)14(17)18/h2-8H,1H3,(H,17,18). The number of aromatic carboxylic acids is 1. The van der Waals surface area contributed by atoms with Gasteiger partial charge in [-0.15, -0.1) is 0 Å². The molecule has 0 radical (unpaired) electrons. The van der Waals surface area contributed by atoms with Crippen molar-refractivity contribution in [3.63, 3.8) is 0 Å². The van der Waals surface area contributed by atoms with E-state index in [4.69, 9.17) is 9.84 Å². The Balaban J connectivity index is 2.33. The van der Waals surface area contributed by atoms with Crippen molar-refractivity contribution in [3.8, 4) is 5.75 Å². The van der Waals surface area contributed by atoms with Gasteiger partial charge in [-0.1, -0.05) is 34.1 Å². The van der Waals surface area contributed by atoms with Gasteiger partial charge in [-0.25, -0.2) is 9.59 Å². The Kier molecular flexibility index (Phi) is 4.20. The first-order valence-corrected chi connectivity index (χ1v) is 6.59. The highest BCUT2D eigenvalue weighted by atomic mass is 79.9. The second kappa shape index (κ2) is 5.88. The average Bonchev–Trinajstić information content (AvgIpc) is 2.41. The number of carboxylic acids is 1. The van der Waals surface area contributed by atoms with Crippen molar-refractivity contribution in [2.24, 2.45) is 0 Å². The number of carbonyl (C=O) groups is 2. The zero-order chi connectivity index (χ0) is 14.7. The van der Waals surface area contributed by atoms with Crippen molar-refractivity contribution in [3.05, 3.63) is 63.6 Å². The average molecular weight is 335 g/mol. The van der Waals surface area contributed by atoms with Crippen molar-refractivity contribution in [1.82, 2.24) is 0 Å². The van der Waals surface area contributed by atoms with E-state index in [2.05, 4.69) is 15.9 Å². The van der Waals surface area contributed by atoms with E-state index in [0.717, 1.165) is 5.56 Å². The zero-order valence-corrected chi connectivity index (χ0v) is 12.2. The molecular weight excluding hydrogens is 324 g/mol. The van der Waals surface area contributed by atoms with Gasteiger partial charge in [0.25, 0.3) is 0 Å². The maximum atomic E-state index is 12.1. The molecule has 2 aromatic carbocycles. The quantitative estimate of drug-likeness (QED) is 0.687. The number of rotatable bonds is 3. The molecule has 1 N–H and O–H groups in total. The van der Waals surface area contributed by atoms with Crippen LogP contribution in [0.5, 0.6) is 5.75 Å². The summed E-state index contributed by atoms with van der Waals surface area (Å²) in [5.74, 6) is -1.71. The number of esters is 1. The van der Waals surface area contributed by atoms with E-state index in [9.17, 15) is 9.59 Å². The smallest absolute Gasteiger partial charge is 0.343 e. The molecule has 0 aliphatic carbocycles. The minimum absolute atomic E-state index is 0.0222. The minimum Gasteiger partial charge on any atom is -0.478 e. The lowest BCUT2D eigenvalue weighted by atomic mass is 10.1. The lowest BCUT2D eigenvalue weighted by Crippen LogP contribution is -2.12. The second-order valence-electron chi connectivity index (χ2n) is 4.15. The van der Waals surface area contributed by atoms with Crippen LogP contribution in [0.2, 0.25) is 0 Å². The first-order chi connectivity index (χ1) is 9.49. The van der Waals surface area contributed by atoms with Crippen LogP contribution in [0.25, 0.3) is 0 Å². The lowest BCUT2D eigenvalue weighted by Gasteiger charge is -2.09. The molecule has 0 aliphatic heterocycles. The van der Waals surface area contributed by atoms with Crippen LogP contribution in [0.1, 0.15) is 26.3 Å². The van der Waals surface area contributed by atoms with Crippen LogP contribution in [0, 0.1) is 6.92 Å². The molecular formula is C15H11BrO4. The second-order valence-corrected chi connectivity index (χ2v) is 5.07. The maximum Gasteiger partial charge on any atom is 0.343 e. The monoisotopic (exact) mass is 334 g/mol. The SMILES string of the molecule is Cc1ccccc1C(=O)Oc1ccc(Br)cc1C(=O)O. The highest BCUT2D eigenvalue weighted by Crippen LogP contribution is 2.24. The summed E-state index contributed by atoms with van der Waals surface area (Å²) in [5.41, 5.74) is 1.11. The topological polar surface area (TPSA) is 63.6 Å². The van der Waals surface area contributed by atoms with E-state index >= 15 is 0 Å². The van der Waals surface area contributed by atoms with Crippen LogP contribution in [0.4, 0.5) is 0 Å². The molecule has 102 valence electrons. The number of hydrogen-bond acceptors (Lipinski definition) is 3. The number of halogens is 1. The molecule has 20 heavy (non-hydrogen) atoms. The van der Waals surface area contributed by atoms with Gasteiger partial charge in [0.1, 0.15) is 11.3 Å². The Morgan fingerprint density at radius 2 is 1.80 bits per heavy atom. The molecule has 0 fully saturated rings. The fraction of sp³-hybridized carbons (Fsp3) is 0.0667. The number of carboxylic acid groups (broad SMARTS) is 1. The van der Waals surface area contributed by atoms with Crippen molar-refractivity contribution < 1.29 is 19.4 Å². The summed E-state index contributed by atoms with van der Waals surface area (Å²) in [7, 11) is 0. The molecule has 0 spiro atoms. The number of benzene rings is 2. The predicted octanol–water partition coefficient (Wildman–Crippen LogP) is 3.67. The Morgan fingerprint density at radius 1 is 1.10 bits per heavy atom. The van der Waals surface area contributed by atoms with Crippen LogP contribution in [-0.2, 0) is 0 Å². The summed E-state index contributed by atoms with van der Waals surface area (Å²) < 4.78 is 5.79. The van der Waals surface area contributed by atoms with E-state index in [0.29, 0.717) is 10.0 Å². The van der Waals surface area contributed by atoms with Crippen molar-refractivity contribution in [1.29, 1.82) is 0 Å². The molecule has 0 aliphatic rings. The van der Waals surface area contributed by atoms with E-state index in [1.54, 1.807) is 31.2 Å². The summed E-state index contributed by atoms with van der Waals surface area (Å²) in [6, 6.07) is 11.4. The van der Waals surface area contributed by atoms with Crippen molar-refractivity contribution in [2.45, 2.75) is 6.92 Å². The predicted molar refractivity (Wildman–Crippen MR) is 77.2 cm³/mol. The maximum absolute atomic E-state index is 12.1. The summed E-state index contributed by atoms with van der Waals surface area (Å²) >= 11 is 3.18. The van der Waals surface area contributed by atoms with Gasteiger partial charge >= 0.3 is 11.9 Å². The van der Waals surface area contributed by atoms with E-state index in [1.807, 2.05) is 6.07 Å². The molecule has 0 aromatic heterocycles. The summed E-state index contributed by atoms with van der Waals surface area (Å²) in [6.07, 6.45) is 0. The van der Waals surface area contributed by atoms with Gasteiger partial charge in [0, 0.05) is 4.47 Å². The lowest BCUT2D eigenvalue weighted by molar-refractivity contribution is 0.0681. The Hall–Kier alpha value is -2.14. The number of hydrogen-bond donors (Lipinski definition) is 1. The van der Waals surface area contributed by atoms with E-state index in [-0.39, 0.29) is 11.3 Å². The Bertz CT molecular complexity index is 679. The van der Waals surface area contributed by atoms with Gasteiger partial charge in [0.15, 0.2) is 0 Å². The first-order valence-electron chi connectivity index (χ1n) is 5.79. The molecule has 5 heteroatoms. The van der Waals surface area contributed by atoms with Crippen molar-refractivity contribution >= 4 is 27.9 Å². The Morgan fingerprint density at radius 3 is 2.45 bits per heavy atom. The van der Waals surface area contributed by atoms with Crippen LogP contribution >= 0.6 is 15.9 Å². The van der Waals surface area contributed by atoms with Crippen LogP contribution < -0.4 is 4.74 Å². The van der Waals surface area contributed by atoms with Gasteiger partial charge in [-0.3, -0.25) is 0 Å². The molecule has 0 saturated heterocycles. The fourth-order valence-corrected chi connectivity index (χ4v) is 2.08. The summed E-state index contributed by atoms with van der Waals surface area (Å²) in [5, 5.41) is 9.12. The van der Waals surface area contributed by atoms with Crippen molar-refractivity contribution in [2.75, 3.05) is 0 Å². The zero-order valence-electron chi connectivity index (χ0n) is 10.6. The molecule has 4 nitrogen and oxygen atoms in total. The molecule has 0 unspecified atom stereocenters. The number of carbonyl (C=O) groups excluding carboxylic acids is 1. The summed E-state index contributed by atoms with van der Waals surface area (Å²) in [4.78, 5) is 23.2. The third-order valence-electron chi connectivity index (χ3n) is 2.74. The minimum atomic E-state index is -1.15. The molecule has 0 bridgehead atoms.